The maximum Gasteiger partial charge on any atom is 0.274 e. The van der Waals surface area contributed by atoms with Gasteiger partial charge in [-0.25, -0.2) is 4.98 Å². The van der Waals surface area contributed by atoms with Crippen molar-refractivity contribution >= 4 is 17.5 Å². The number of rotatable bonds is 1. The molecule has 0 unspecified atom stereocenters. The Kier molecular flexibility index (Phi) is 3.10. The molecular formula is C19H19N5O2. The fraction of sp³-hybridized carbons (Fsp3) is 0.368. The maximum atomic E-state index is 13.1. The molecule has 26 heavy (non-hydrogen) atoms. The summed E-state index contributed by atoms with van der Waals surface area (Å²) in [6.45, 7) is 1.84. The normalized spacial score (nSPS) is 28.7. The highest BCUT2D eigenvalue weighted by Gasteiger charge is 2.60. The van der Waals surface area contributed by atoms with Gasteiger partial charge in [-0.2, -0.15) is 0 Å². The molecule has 2 fully saturated rings. The first kappa shape index (κ1) is 15.3. The van der Waals surface area contributed by atoms with E-state index in [9.17, 15) is 9.59 Å². The van der Waals surface area contributed by atoms with Crippen LogP contribution in [0.5, 0.6) is 0 Å². The summed E-state index contributed by atoms with van der Waals surface area (Å²) in [6.07, 6.45) is 5.63. The van der Waals surface area contributed by atoms with Gasteiger partial charge in [0.15, 0.2) is 0 Å². The van der Waals surface area contributed by atoms with Crippen molar-refractivity contribution in [2.75, 3.05) is 5.32 Å². The number of amides is 2. The Labute approximate surface area is 150 Å². The number of aryl methyl sites for hydroxylation is 1. The van der Waals surface area contributed by atoms with Crippen molar-refractivity contribution in [3.05, 3.63) is 53.6 Å². The van der Waals surface area contributed by atoms with Crippen molar-refractivity contribution in [2.24, 2.45) is 0 Å². The van der Waals surface area contributed by atoms with Crippen LogP contribution in [0.15, 0.2) is 36.7 Å². The molecule has 0 radical (unpaired) electrons. The molecule has 5 rings (SSSR count). The first-order chi connectivity index (χ1) is 12.6. The second kappa shape index (κ2) is 5.27. The highest BCUT2D eigenvalue weighted by Crippen LogP contribution is 2.46. The number of hydrogen-bond acceptors (Lipinski definition) is 5. The minimum Gasteiger partial charge on any atom is -0.360 e. The smallest absolute Gasteiger partial charge is 0.274 e. The highest BCUT2D eigenvalue weighted by atomic mass is 16.2. The van der Waals surface area contributed by atoms with Gasteiger partial charge in [-0.1, -0.05) is 12.1 Å². The molecule has 1 spiro atoms. The summed E-state index contributed by atoms with van der Waals surface area (Å²) >= 11 is 0. The number of anilines is 1. The minimum absolute atomic E-state index is 0.0885. The lowest BCUT2D eigenvalue weighted by Gasteiger charge is -2.43. The van der Waals surface area contributed by atoms with Crippen molar-refractivity contribution in [3.8, 4) is 0 Å². The predicted octanol–water partition coefficient (Wildman–Crippen LogP) is 1.71. The Morgan fingerprint density at radius 1 is 1.19 bits per heavy atom. The fourth-order valence-corrected chi connectivity index (χ4v) is 4.62. The molecule has 2 saturated heterocycles. The molecule has 4 heterocycles. The van der Waals surface area contributed by atoms with Crippen molar-refractivity contribution in [3.63, 3.8) is 0 Å². The van der Waals surface area contributed by atoms with Crippen molar-refractivity contribution in [1.29, 1.82) is 0 Å². The van der Waals surface area contributed by atoms with Crippen LogP contribution >= 0.6 is 0 Å². The Balaban J connectivity index is 1.49. The first-order valence-corrected chi connectivity index (χ1v) is 8.88. The lowest BCUT2D eigenvalue weighted by molar-refractivity contribution is 0.0686. The van der Waals surface area contributed by atoms with E-state index in [0.29, 0.717) is 17.7 Å². The molecule has 0 aliphatic carbocycles. The Hall–Kier alpha value is -2.96. The molecule has 7 heteroatoms. The largest absolute Gasteiger partial charge is 0.360 e. The van der Waals surface area contributed by atoms with E-state index >= 15 is 0 Å². The number of nitrogens with zero attached hydrogens (tertiary/aromatic N) is 3. The predicted molar refractivity (Wildman–Crippen MR) is 94.6 cm³/mol. The van der Waals surface area contributed by atoms with Crippen molar-refractivity contribution in [2.45, 2.75) is 43.9 Å². The van der Waals surface area contributed by atoms with Crippen LogP contribution in [0.3, 0.4) is 0 Å². The molecule has 1 aromatic heterocycles. The van der Waals surface area contributed by atoms with Crippen molar-refractivity contribution in [1.82, 2.24) is 20.2 Å². The number of hydrogen-bond donors (Lipinski definition) is 2. The van der Waals surface area contributed by atoms with E-state index in [4.69, 9.17) is 0 Å². The molecule has 3 atom stereocenters. The monoisotopic (exact) mass is 349 g/mol. The summed E-state index contributed by atoms with van der Waals surface area (Å²) in [6, 6.07) is 7.48. The van der Waals surface area contributed by atoms with Gasteiger partial charge >= 0.3 is 0 Å². The zero-order valence-electron chi connectivity index (χ0n) is 14.4. The van der Waals surface area contributed by atoms with Gasteiger partial charge in [0, 0.05) is 24.3 Å². The molecule has 1 aromatic carbocycles. The molecule has 2 aromatic rings. The maximum absolute atomic E-state index is 13.1. The fourth-order valence-electron chi connectivity index (χ4n) is 4.62. The summed E-state index contributed by atoms with van der Waals surface area (Å²) in [5, 5.41) is 6.66. The van der Waals surface area contributed by atoms with Crippen LogP contribution in [0.25, 0.3) is 0 Å². The van der Waals surface area contributed by atoms with Gasteiger partial charge in [0.1, 0.15) is 11.4 Å². The molecule has 3 aliphatic rings. The SMILES string of the molecule is Cc1cnc(C(=O)N2[C@@H]3CC[C@@H]2[C@]2(C3)NC(=O)c3ccccc3N2)cn1. The summed E-state index contributed by atoms with van der Waals surface area (Å²) in [5.41, 5.74) is 1.99. The van der Waals surface area contributed by atoms with Crippen LogP contribution in [0, 0.1) is 6.92 Å². The number of nitrogens with one attached hydrogen (secondary N) is 2. The van der Waals surface area contributed by atoms with Gasteiger partial charge in [0.2, 0.25) is 0 Å². The number of fused-ring (bicyclic) bond motifs is 4. The zero-order valence-corrected chi connectivity index (χ0v) is 14.4. The summed E-state index contributed by atoms with van der Waals surface area (Å²) in [5.74, 6) is -0.203. The van der Waals surface area contributed by atoms with Crippen LogP contribution in [0.4, 0.5) is 5.69 Å². The van der Waals surface area contributed by atoms with Crippen molar-refractivity contribution < 1.29 is 9.59 Å². The van der Waals surface area contributed by atoms with Gasteiger partial charge in [-0.3, -0.25) is 14.6 Å². The Bertz CT molecular complexity index is 912. The van der Waals surface area contributed by atoms with E-state index in [1.165, 1.54) is 6.20 Å². The lowest BCUT2D eigenvalue weighted by atomic mass is 9.86. The molecule has 7 nitrogen and oxygen atoms in total. The minimum atomic E-state index is -0.609. The summed E-state index contributed by atoms with van der Waals surface area (Å²) in [7, 11) is 0. The lowest BCUT2D eigenvalue weighted by Crippen LogP contribution is -2.64. The number of para-hydroxylation sites is 1. The standard InChI is InChI=1S/C19H19N5O2/c1-11-9-21-15(10-20-11)18(26)24-12-6-7-16(24)19(8-12)22-14-5-3-2-4-13(14)17(25)23-19/h2-5,9-10,12,16,22H,6-8H2,1H3,(H,23,25)/t12-,16-,19+/m1/s1. The van der Waals surface area contributed by atoms with Gasteiger partial charge in [-0.15, -0.1) is 0 Å². The summed E-state index contributed by atoms with van der Waals surface area (Å²) in [4.78, 5) is 36.0. The molecule has 2 amide bonds. The quantitative estimate of drug-likeness (QED) is 0.818. The van der Waals surface area contributed by atoms with Crippen LogP contribution < -0.4 is 10.6 Å². The Morgan fingerprint density at radius 3 is 2.85 bits per heavy atom. The number of carbonyl (C=O) groups excluding carboxylic acids is 2. The third kappa shape index (κ3) is 2.06. The number of aromatic nitrogens is 2. The average molecular weight is 349 g/mol. The molecule has 3 aliphatic heterocycles. The third-order valence-corrected chi connectivity index (χ3v) is 5.73. The third-order valence-electron chi connectivity index (χ3n) is 5.73. The van der Waals surface area contributed by atoms with Gasteiger partial charge in [0.25, 0.3) is 11.8 Å². The first-order valence-electron chi connectivity index (χ1n) is 8.88. The van der Waals surface area contributed by atoms with E-state index in [1.54, 1.807) is 6.20 Å². The zero-order chi connectivity index (χ0) is 17.9. The van der Waals surface area contributed by atoms with E-state index in [0.717, 1.165) is 24.2 Å². The second-order valence-corrected chi connectivity index (χ2v) is 7.30. The molecule has 132 valence electrons. The van der Waals surface area contributed by atoms with E-state index in [-0.39, 0.29) is 23.9 Å². The second-order valence-electron chi connectivity index (χ2n) is 7.30. The van der Waals surface area contributed by atoms with Crippen LogP contribution in [0.2, 0.25) is 0 Å². The average Bonchev–Trinajstić information content (AvgIpc) is 3.17. The van der Waals surface area contributed by atoms with Gasteiger partial charge < -0.3 is 15.5 Å². The van der Waals surface area contributed by atoms with E-state index in [2.05, 4.69) is 20.6 Å². The molecule has 0 saturated carbocycles. The van der Waals surface area contributed by atoms with Gasteiger partial charge in [-0.05, 0) is 31.9 Å². The van der Waals surface area contributed by atoms with Crippen LogP contribution in [0.1, 0.15) is 45.8 Å². The van der Waals surface area contributed by atoms with Gasteiger partial charge in [0.05, 0.1) is 23.5 Å². The number of carbonyl (C=O) groups is 2. The van der Waals surface area contributed by atoms with Crippen LogP contribution in [-0.2, 0) is 0 Å². The van der Waals surface area contributed by atoms with Crippen LogP contribution in [-0.4, -0.2) is 44.4 Å². The highest BCUT2D eigenvalue weighted by molar-refractivity contribution is 6.02. The molecule has 2 bridgehead atoms. The van der Waals surface area contributed by atoms with E-state index < -0.39 is 5.66 Å². The molecule has 2 N–H and O–H groups in total. The summed E-state index contributed by atoms with van der Waals surface area (Å²) < 4.78 is 0. The van der Waals surface area contributed by atoms with E-state index in [1.807, 2.05) is 36.1 Å². The molecular weight excluding hydrogens is 330 g/mol. The topological polar surface area (TPSA) is 87.2 Å². The Morgan fingerprint density at radius 2 is 2.04 bits per heavy atom. The number of benzene rings is 1.